The normalized spacial score (nSPS) is 10.3. The van der Waals surface area contributed by atoms with E-state index in [0.29, 0.717) is 0 Å². The molecule has 0 aliphatic heterocycles. The Morgan fingerprint density at radius 1 is 1.67 bits per heavy atom. The summed E-state index contributed by atoms with van der Waals surface area (Å²) in [6.07, 6.45) is 2.14. The smallest absolute Gasteiger partial charge is 0.276 e. The van der Waals surface area contributed by atoms with Crippen molar-refractivity contribution in [2.24, 2.45) is 10.9 Å². The van der Waals surface area contributed by atoms with Gasteiger partial charge in [-0.3, -0.25) is 9.78 Å². The predicted octanol–water partition coefficient (Wildman–Crippen LogP) is -0.815. The number of aromatic nitrogens is 2. The molecule has 0 unspecified atom stereocenters. The van der Waals surface area contributed by atoms with Gasteiger partial charge in [0.25, 0.3) is 5.56 Å². The monoisotopic (exact) mass is 250 g/mol. The molecule has 0 fully saturated rings. The van der Waals surface area contributed by atoms with E-state index < -0.39 is 5.56 Å². The summed E-state index contributed by atoms with van der Waals surface area (Å²) in [6.45, 7) is 0.111. The second-order valence-electron chi connectivity index (χ2n) is 3.23. The zero-order chi connectivity index (χ0) is 13.5. The van der Waals surface area contributed by atoms with E-state index in [-0.39, 0.29) is 29.6 Å². The van der Waals surface area contributed by atoms with Gasteiger partial charge in [0, 0.05) is 13.3 Å². The van der Waals surface area contributed by atoms with Crippen LogP contribution in [0.4, 0.5) is 11.6 Å². The quantitative estimate of drug-likeness (QED) is 0.221. The molecule has 7 N–H and O–H groups in total. The topological polar surface area (TPSA) is 156 Å². The van der Waals surface area contributed by atoms with Gasteiger partial charge in [0.05, 0.1) is 18.5 Å². The Labute approximate surface area is 103 Å². The van der Waals surface area contributed by atoms with Gasteiger partial charge in [0.2, 0.25) is 5.95 Å². The fraction of sp³-hybridized carbons (Fsp3) is 0.222. The summed E-state index contributed by atoms with van der Waals surface area (Å²) >= 11 is 0. The third kappa shape index (κ3) is 3.14. The molecule has 0 aliphatic carbocycles. The van der Waals surface area contributed by atoms with Crippen LogP contribution in [-0.4, -0.2) is 41.7 Å². The average Bonchev–Trinajstić information content (AvgIpc) is 2.36. The number of hydrazone groups is 1. The largest absolute Gasteiger partial charge is 0.382 e. The summed E-state index contributed by atoms with van der Waals surface area (Å²) in [5, 5.41) is 23.2. The van der Waals surface area contributed by atoms with Crippen molar-refractivity contribution in [3.8, 4) is 0 Å². The average molecular weight is 250 g/mol. The Hall–Kier alpha value is -2.71. The van der Waals surface area contributed by atoms with Gasteiger partial charge >= 0.3 is 0 Å². The molecule has 18 heavy (non-hydrogen) atoms. The Kier molecular flexibility index (Phi) is 4.55. The predicted molar refractivity (Wildman–Crippen MR) is 71.2 cm³/mol. The van der Waals surface area contributed by atoms with Crippen molar-refractivity contribution in [2.45, 2.75) is 0 Å². The number of anilines is 2. The van der Waals surface area contributed by atoms with E-state index >= 15 is 0 Å². The molecule has 0 aromatic carbocycles. The minimum Gasteiger partial charge on any atom is -0.382 e. The van der Waals surface area contributed by atoms with Gasteiger partial charge in [-0.2, -0.15) is 5.10 Å². The van der Waals surface area contributed by atoms with E-state index in [1.165, 1.54) is 6.21 Å². The van der Waals surface area contributed by atoms with Gasteiger partial charge in [-0.05, 0) is 0 Å². The third-order valence-corrected chi connectivity index (χ3v) is 2.01. The number of rotatable bonds is 6. The fourth-order valence-electron chi connectivity index (χ4n) is 1.23. The molecule has 0 amide bonds. The molecule has 0 bridgehead atoms. The lowest BCUT2D eigenvalue weighted by Crippen LogP contribution is -2.22. The first kappa shape index (κ1) is 13.4. The summed E-state index contributed by atoms with van der Waals surface area (Å²) in [4.78, 5) is 18.1. The van der Waals surface area contributed by atoms with Gasteiger partial charge in [-0.25, -0.2) is 4.98 Å². The molecule has 1 rings (SSSR count). The molecule has 0 saturated carbocycles. The number of hydrogen-bond acceptors (Lipinski definition) is 8. The standard InChI is InChI=1S/C9H14N8O/c1-13-7-6(2-10)16-9(17-8(7)18)14-3-5(11)4-15-12/h2,4,10-11,13H,3,12H2,1H3,(H2,14,16,17,18)/b10-2?,11-5?,15-4-. The number of nitrogens with zero attached hydrogens (tertiary/aromatic N) is 2. The van der Waals surface area contributed by atoms with Crippen LogP contribution in [0.3, 0.4) is 0 Å². The Balaban J connectivity index is 2.92. The van der Waals surface area contributed by atoms with Crippen LogP contribution in [0.1, 0.15) is 5.69 Å². The molecule has 1 aromatic heterocycles. The van der Waals surface area contributed by atoms with Crippen molar-refractivity contribution >= 4 is 29.8 Å². The molecule has 96 valence electrons. The zero-order valence-electron chi connectivity index (χ0n) is 9.74. The van der Waals surface area contributed by atoms with Gasteiger partial charge < -0.3 is 27.3 Å². The van der Waals surface area contributed by atoms with E-state index in [4.69, 9.17) is 16.7 Å². The van der Waals surface area contributed by atoms with E-state index in [2.05, 4.69) is 25.7 Å². The molecule has 0 spiro atoms. The maximum atomic E-state index is 11.6. The molecular weight excluding hydrogens is 236 g/mol. The second kappa shape index (κ2) is 6.13. The molecule has 1 aromatic rings. The first-order chi connectivity index (χ1) is 8.62. The van der Waals surface area contributed by atoms with Crippen molar-refractivity contribution in [3.63, 3.8) is 0 Å². The van der Waals surface area contributed by atoms with Crippen LogP contribution in [0.2, 0.25) is 0 Å². The van der Waals surface area contributed by atoms with Crippen molar-refractivity contribution in [2.75, 3.05) is 24.2 Å². The van der Waals surface area contributed by atoms with Crippen molar-refractivity contribution in [1.82, 2.24) is 9.97 Å². The van der Waals surface area contributed by atoms with Gasteiger partial charge in [0.1, 0.15) is 11.4 Å². The number of H-pyrrole nitrogens is 1. The highest BCUT2D eigenvalue weighted by molar-refractivity contribution is 6.30. The highest BCUT2D eigenvalue weighted by Gasteiger charge is 2.07. The number of nitrogens with one attached hydrogen (secondary N) is 5. The lowest BCUT2D eigenvalue weighted by molar-refractivity contribution is 1.08. The molecule has 0 radical (unpaired) electrons. The minimum absolute atomic E-state index is 0.111. The maximum Gasteiger partial charge on any atom is 0.276 e. The lowest BCUT2D eigenvalue weighted by Gasteiger charge is -2.07. The Morgan fingerprint density at radius 2 is 2.39 bits per heavy atom. The van der Waals surface area contributed by atoms with Crippen LogP contribution >= 0.6 is 0 Å². The van der Waals surface area contributed by atoms with E-state index in [9.17, 15) is 4.79 Å². The molecular formula is C9H14N8O. The van der Waals surface area contributed by atoms with Crippen LogP contribution in [0.25, 0.3) is 0 Å². The number of nitrogens with two attached hydrogens (primary N) is 1. The summed E-state index contributed by atoms with van der Waals surface area (Å²) < 4.78 is 0. The highest BCUT2D eigenvalue weighted by Crippen LogP contribution is 2.05. The van der Waals surface area contributed by atoms with Crippen molar-refractivity contribution in [3.05, 3.63) is 16.0 Å². The Morgan fingerprint density at radius 3 is 2.94 bits per heavy atom. The van der Waals surface area contributed by atoms with Gasteiger partial charge in [0.15, 0.2) is 0 Å². The van der Waals surface area contributed by atoms with Crippen molar-refractivity contribution < 1.29 is 0 Å². The molecule has 9 heteroatoms. The maximum absolute atomic E-state index is 11.6. The second-order valence-corrected chi connectivity index (χ2v) is 3.23. The molecule has 0 aliphatic rings. The Bertz CT molecular complexity index is 532. The highest BCUT2D eigenvalue weighted by atomic mass is 16.1. The fourth-order valence-corrected chi connectivity index (χ4v) is 1.23. The first-order valence-electron chi connectivity index (χ1n) is 4.99. The summed E-state index contributed by atoms with van der Waals surface area (Å²) in [6, 6.07) is 0. The molecule has 9 nitrogen and oxygen atoms in total. The van der Waals surface area contributed by atoms with E-state index in [1.807, 2.05) is 0 Å². The van der Waals surface area contributed by atoms with Crippen LogP contribution < -0.4 is 22.0 Å². The molecule has 1 heterocycles. The summed E-state index contributed by atoms with van der Waals surface area (Å²) in [7, 11) is 1.57. The molecule has 0 atom stereocenters. The van der Waals surface area contributed by atoms with Crippen molar-refractivity contribution in [1.29, 1.82) is 10.8 Å². The van der Waals surface area contributed by atoms with E-state index in [1.54, 1.807) is 7.05 Å². The minimum atomic E-state index is -0.396. The van der Waals surface area contributed by atoms with E-state index in [0.717, 1.165) is 6.21 Å². The third-order valence-electron chi connectivity index (χ3n) is 2.01. The summed E-state index contributed by atoms with van der Waals surface area (Å²) in [5.74, 6) is 5.07. The van der Waals surface area contributed by atoms with Gasteiger partial charge in [-0.1, -0.05) is 0 Å². The van der Waals surface area contributed by atoms with Crippen LogP contribution in [0.15, 0.2) is 9.90 Å². The van der Waals surface area contributed by atoms with Gasteiger partial charge in [-0.15, -0.1) is 0 Å². The SMILES string of the molecule is CNc1c(C=N)nc(NCC(=N)/C=N\N)[nH]c1=O. The number of hydrogen-bond donors (Lipinski definition) is 6. The first-order valence-corrected chi connectivity index (χ1v) is 4.99. The summed E-state index contributed by atoms with van der Waals surface area (Å²) in [5.41, 5.74) is 0.165. The van der Waals surface area contributed by atoms with Crippen LogP contribution in [-0.2, 0) is 0 Å². The van der Waals surface area contributed by atoms with Crippen LogP contribution in [0.5, 0.6) is 0 Å². The van der Waals surface area contributed by atoms with Crippen LogP contribution in [0, 0.1) is 10.8 Å². The number of aromatic amines is 1. The lowest BCUT2D eigenvalue weighted by atomic mass is 10.3. The molecule has 0 saturated heterocycles. The zero-order valence-corrected chi connectivity index (χ0v) is 9.74.